The predicted octanol–water partition coefficient (Wildman–Crippen LogP) is 0.818. The second-order valence-corrected chi connectivity index (χ2v) is 4.39. The number of H-pyrrole nitrogens is 1. The number of carbonyl (C=O) groups is 2. The number of urea groups is 1. The van der Waals surface area contributed by atoms with Gasteiger partial charge in [0.25, 0.3) is 0 Å². The molecular formula is C12H15N5O3. The molecule has 1 fully saturated rings. The number of amides is 2. The molecule has 1 aliphatic rings. The zero-order valence-electron chi connectivity index (χ0n) is 10.9. The molecule has 8 heteroatoms. The van der Waals surface area contributed by atoms with Crippen LogP contribution in [0.4, 0.5) is 4.79 Å². The van der Waals surface area contributed by atoms with E-state index in [4.69, 9.17) is 5.11 Å². The van der Waals surface area contributed by atoms with Gasteiger partial charge in [-0.3, -0.25) is 0 Å². The van der Waals surface area contributed by atoms with E-state index >= 15 is 0 Å². The number of rotatable bonds is 2. The number of aromatic nitrogens is 3. The SMILES string of the molecule is CNC(N)=O.O=C(O)c1c[nH]c2ncc(C3CC3)nc12. The predicted molar refractivity (Wildman–Crippen MR) is 71.5 cm³/mol. The topological polar surface area (TPSA) is 134 Å². The Morgan fingerprint density at radius 2 is 2.15 bits per heavy atom. The van der Waals surface area contributed by atoms with Gasteiger partial charge in [0.2, 0.25) is 0 Å². The molecule has 1 aliphatic carbocycles. The monoisotopic (exact) mass is 277 g/mol. The van der Waals surface area contributed by atoms with E-state index in [1.54, 1.807) is 6.20 Å². The van der Waals surface area contributed by atoms with Crippen molar-refractivity contribution in [3.05, 3.63) is 23.7 Å². The molecule has 2 aromatic rings. The largest absolute Gasteiger partial charge is 0.478 e. The van der Waals surface area contributed by atoms with Crippen LogP contribution in [-0.4, -0.2) is 39.1 Å². The van der Waals surface area contributed by atoms with Crippen molar-refractivity contribution in [2.45, 2.75) is 18.8 Å². The number of nitrogens with one attached hydrogen (secondary N) is 2. The van der Waals surface area contributed by atoms with Crippen molar-refractivity contribution in [2.75, 3.05) is 7.05 Å². The molecule has 0 unspecified atom stereocenters. The highest BCUT2D eigenvalue weighted by atomic mass is 16.4. The van der Waals surface area contributed by atoms with E-state index in [9.17, 15) is 9.59 Å². The van der Waals surface area contributed by atoms with Crippen molar-refractivity contribution in [3.8, 4) is 0 Å². The fourth-order valence-electron chi connectivity index (χ4n) is 1.64. The van der Waals surface area contributed by atoms with Crippen molar-refractivity contribution in [2.24, 2.45) is 5.73 Å². The van der Waals surface area contributed by atoms with Gasteiger partial charge in [0.1, 0.15) is 11.1 Å². The smallest absolute Gasteiger partial charge is 0.339 e. The summed E-state index contributed by atoms with van der Waals surface area (Å²) >= 11 is 0. The molecule has 106 valence electrons. The number of nitrogens with two attached hydrogens (primary N) is 1. The van der Waals surface area contributed by atoms with Crippen LogP contribution >= 0.6 is 0 Å². The molecule has 0 aliphatic heterocycles. The van der Waals surface area contributed by atoms with Gasteiger partial charge in [-0.25, -0.2) is 19.6 Å². The molecule has 1 saturated carbocycles. The fourth-order valence-corrected chi connectivity index (χ4v) is 1.64. The molecule has 8 nitrogen and oxygen atoms in total. The summed E-state index contributed by atoms with van der Waals surface area (Å²) < 4.78 is 0. The fraction of sp³-hybridized carbons (Fsp3) is 0.333. The van der Waals surface area contributed by atoms with Crippen LogP contribution in [0.25, 0.3) is 11.2 Å². The van der Waals surface area contributed by atoms with Gasteiger partial charge in [0.15, 0.2) is 5.65 Å². The number of primary amides is 1. The zero-order valence-corrected chi connectivity index (χ0v) is 10.9. The number of aromatic carboxylic acids is 1. The molecule has 0 atom stereocenters. The Kier molecular flexibility index (Phi) is 3.83. The number of nitrogens with zero attached hydrogens (tertiary/aromatic N) is 2. The number of carbonyl (C=O) groups excluding carboxylic acids is 1. The average Bonchev–Trinajstić information content (AvgIpc) is 3.18. The molecule has 2 amide bonds. The number of aromatic amines is 1. The normalized spacial score (nSPS) is 13.4. The maximum Gasteiger partial charge on any atom is 0.339 e. The summed E-state index contributed by atoms with van der Waals surface area (Å²) in [5, 5.41) is 11.1. The number of carboxylic acids is 1. The molecule has 20 heavy (non-hydrogen) atoms. The quantitative estimate of drug-likeness (QED) is 0.644. The van der Waals surface area contributed by atoms with Crippen molar-refractivity contribution < 1.29 is 14.7 Å². The van der Waals surface area contributed by atoms with E-state index in [0.717, 1.165) is 18.5 Å². The van der Waals surface area contributed by atoms with Crippen LogP contribution in [0.5, 0.6) is 0 Å². The van der Waals surface area contributed by atoms with E-state index in [1.807, 2.05) is 0 Å². The van der Waals surface area contributed by atoms with Crippen molar-refractivity contribution in [1.29, 1.82) is 0 Å². The van der Waals surface area contributed by atoms with Gasteiger partial charge in [0, 0.05) is 19.2 Å². The molecule has 0 spiro atoms. The molecule has 2 heterocycles. The van der Waals surface area contributed by atoms with Crippen molar-refractivity contribution in [3.63, 3.8) is 0 Å². The first-order valence-electron chi connectivity index (χ1n) is 6.07. The van der Waals surface area contributed by atoms with Gasteiger partial charge in [-0.1, -0.05) is 0 Å². The second kappa shape index (κ2) is 5.55. The highest BCUT2D eigenvalue weighted by Gasteiger charge is 2.26. The van der Waals surface area contributed by atoms with E-state index in [-0.39, 0.29) is 5.56 Å². The molecular weight excluding hydrogens is 262 g/mol. The lowest BCUT2D eigenvalue weighted by atomic mass is 10.2. The standard InChI is InChI=1S/C10H9N3O2.C2H6N2O/c14-10(15)6-3-11-9-8(6)13-7(4-12-9)5-1-2-5;1-4-2(3)5/h3-5H,1-2H2,(H,11,12)(H,14,15);1H3,(H3,3,4,5). The van der Waals surface area contributed by atoms with Crippen molar-refractivity contribution >= 4 is 23.2 Å². The number of fused-ring (bicyclic) bond motifs is 1. The van der Waals surface area contributed by atoms with Crippen LogP contribution in [0, 0.1) is 0 Å². The van der Waals surface area contributed by atoms with Crippen LogP contribution in [0.15, 0.2) is 12.4 Å². The van der Waals surface area contributed by atoms with Crippen molar-refractivity contribution in [1.82, 2.24) is 20.3 Å². The molecule has 3 rings (SSSR count). The average molecular weight is 277 g/mol. The molecule has 0 radical (unpaired) electrons. The van der Waals surface area contributed by atoms with Crippen LogP contribution in [-0.2, 0) is 0 Å². The first kappa shape index (κ1) is 13.8. The zero-order chi connectivity index (χ0) is 14.7. The van der Waals surface area contributed by atoms with Crippen LogP contribution in [0.2, 0.25) is 0 Å². The summed E-state index contributed by atoms with van der Waals surface area (Å²) in [6.45, 7) is 0. The van der Waals surface area contributed by atoms with Crippen LogP contribution in [0.1, 0.15) is 34.8 Å². The van der Waals surface area contributed by atoms with Gasteiger partial charge in [-0.05, 0) is 12.8 Å². The Balaban J connectivity index is 0.000000257. The molecule has 0 aromatic carbocycles. The van der Waals surface area contributed by atoms with E-state index in [1.165, 1.54) is 13.2 Å². The van der Waals surface area contributed by atoms with E-state index in [0.29, 0.717) is 17.1 Å². The van der Waals surface area contributed by atoms with Crippen LogP contribution in [0.3, 0.4) is 0 Å². The number of carboxylic acid groups (broad SMARTS) is 1. The molecule has 5 N–H and O–H groups in total. The van der Waals surface area contributed by atoms with E-state index < -0.39 is 12.0 Å². The Morgan fingerprint density at radius 3 is 2.65 bits per heavy atom. The summed E-state index contributed by atoms with van der Waals surface area (Å²) in [7, 11) is 1.47. The molecule has 2 aromatic heterocycles. The summed E-state index contributed by atoms with van der Waals surface area (Å²) in [5.41, 5.74) is 6.65. The lowest BCUT2D eigenvalue weighted by Gasteiger charge is -1.96. The van der Waals surface area contributed by atoms with Gasteiger partial charge in [-0.15, -0.1) is 0 Å². The Bertz CT molecular complexity index is 648. The van der Waals surface area contributed by atoms with Gasteiger partial charge < -0.3 is 21.1 Å². The lowest BCUT2D eigenvalue weighted by Crippen LogP contribution is -2.24. The summed E-state index contributed by atoms with van der Waals surface area (Å²) in [5.74, 6) is -0.484. The summed E-state index contributed by atoms with van der Waals surface area (Å²) in [4.78, 5) is 31.7. The second-order valence-electron chi connectivity index (χ2n) is 4.39. The first-order chi connectivity index (χ1) is 9.52. The summed E-state index contributed by atoms with van der Waals surface area (Å²) in [6.07, 6.45) is 5.42. The van der Waals surface area contributed by atoms with Gasteiger partial charge >= 0.3 is 12.0 Å². The minimum absolute atomic E-state index is 0.194. The minimum atomic E-state index is -0.969. The highest BCUT2D eigenvalue weighted by Crippen LogP contribution is 2.39. The third-order valence-corrected chi connectivity index (χ3v) is 2.87. The van der Waals surface area contributed by atoms with Crippen LogP contribution < -0.4 is 11.1 Å². The highest BCUT2D eigenvalue weighted by molar-refractivity contribution is 6.00. The maximum absolute atomic E-state index is 10.9. The van der Waals surface area contributed by atoms with E-state index in [2.05, 4.69) is 26.0 Å². The number of hydrogen-bond donors (Lipinski definition) is 4. The lowest BCUT2D eigenvalue weighted by molar-refractivity contribution is 0.0699. The Morgan fingerprint density at radius 1 is 1.50 bits per heavy atom. The minimum Gasteiger partial charge on any atom is -0.478 e. The molecule has 0 saturated heterocycles. The first-order valence-corrected chi connectivity index (χ1v) is 6.07. The summed E-state index contributed by atoms with van der Waals surface area (Å²) in [6, 6.07) is -0.495. The third-order valence-electron chi connectivity index (χ3n) is 2.87. The molecule has 0 bridgehead atoms. The van der Waals surface area contributed by atoms with Gasteiger partial charge in [-0.2, -0.15) is 0 Å². The Hall–Kier alpha value is -2.64. The number of hydrogen-bond acceptors (Lipinski definition) is 4. The van der Waals surface area contributed by atoms with Gasteiger partial charge in [0.05, 0.1) is 11.9 Å². The maximum atomic E-state index is 10.9. The Labute approximate surface area is 114 Å². The third kappa shape index (κ3) is 3.02.